The second-order valence-electron chi connectivity index (χ2n) is 16.9. The molecule has 0 atom stereocenters. The van der Waals surface area contributed by atoms with E-state index >= 15 is 0 Å². The van der Waals surface area contributed by atoms with Crippen molar-refractivity contribution in [2.75, 3.05) is 117 Å². The third-order valence-corrected chi connectivity index (χ3v) is 12.6. The SMILES string of the molecule is CN(C)CCOCCN1C(=O)c2ccc3c4c(N5CCCCC5)cc5c6c(ccc(c7c(N8CCCCC8)cc(c2c37)C1=O)c64)C(=O)N(CCOCCN(C)C)C5=O.Cl.Cl. The summed E-state index contributed by atoms with van der Waals surface area (Å²) >= 11 is 0. The summed E-state index contributed by atoms with van der Waals surface area (Å²) in [6.07, 6.45) is 6.43. The third kappa shape index (κ3) is 7.43. The van der Waals surface area contributed by atoms with E-state index in [1.165, 1.54) is 9.80 Å². The molecular formula is C46H56Cl2N6O6. The number of imide groups is 2. The Labute approximate surface area is 363 Å². The number of hydrogen-bond donors (Lipinski definition) is 0. The van der Waals surface area contributed by atoms with E-state index in [9.17, 15) is 19.2 Å². The largest absolute Gasteiger partial charge is 0.378 e. The maximum atomic E-state index is 14.6. The minimum Gasteiger partial charge on any atom is -0.378 e. The van der Waals surface area contributed by atoms with Gasteiger partial charge < -0.3 is 29.1 Å². The van der Waals surface area contributed by atoms with Crippen LogP contribution >= 0.6 is 24.8 Å². The Kier molecular flexibility index (Phi) is 13.1. The van der Waals surface area contributed by atoms with Gasteiger partial charge in [0.2, 0.25) is 0 Å². The monoisotopic (exact) mass is 858 g/mol. The smallest absolute Gasteiger partial charge is 0.261 e. The Balaban J connectivity index is 0.00000272. The van der Waals surface area contributed by atoms with E-state index in [1.807, 2.05) is 62.3 Å². The van der Waals surface area contributed by atoms with Crippen molar-refractivity contribution in [1.82, 2.24) is 19.6 Å². The van der Waals surface area contributed by atoms with E-state index in [0.29, 0.717) is 46.2 Å². The zero-order chi connectivity index (χ0) is 40.2. The molecule has 0 saturated carbocycles. The minimum atomic E-state index is -0.314. The van der Waals surface area contributed by atoms with Gasteiger partial charge in [-0.1, -0.05) is 12.1 Å². The van der Waals surface area contributed by atoms with Crippen LogP contribution in [0.4, 0.5) is 11.4 Å². The van der Waals surface area contributed by atoms with Crippen LogP contribution in [-0.4, -0.2) is 150 Å². The highest BCUT2D eigenvalue weighted by Gasteiger charge is 2.39. The average Bonchev–Trinajstić information content (AvgIpc) is 3.23. The number of carbonyl (C=O) groups is 4. The van der Waals surface area contributed by atoms with Gasteiger partial charge in [0.15, 0.2) is 0 Å². The summed E-state index contributed by atoms with van der Waals surface area (Å²) in [6.45, 7) is 6.76. The fourth-order valence-electron chi connectivity index (χ4n) is 9.71. The van der Waals surface area contributed by atoms with E-state index in [0.717, 1.165) is 121 Å². The van der Waals surface area contributed by atoms with Crippen LogP contribution in [0.15, 0.2) is 36.4 Å². The highest BCUT2D eigenvalue weighted by molar-refractivity contribution is 6.44. The number of ether oxygens (including phenoxy) is 2. The first-order chi connectivity index (χ1) is 28.2. The average molecular weight is 860 g/mol. The molecule has 5 aromatic rings. The van der Waals surface area contributed by atoms with Crippen molar-refractivity contribution < 1.29 is 28.7 Å². The van der Waals surface area contributed by atoms with Crippen LogP contribution in [0.2, 0.25) is 0 Å². The van der Waals surface area contributed by atoms with Crippen molar-refractivity contribution >= 4 is 103 Å². The molecular weight excluding hydrogens is 803 g/mol. The van der Waals surface area contributed by atoms with Crippen molar-refractivity contribution in [3.8, 4) is 0 Å². The van der Waals surface area contributed by atoms with Crippen LogP contribution in [0.25, 0.3) is 43.1 Å². The number of nitrogens with zero attached hydrogens (tertiary/aromatic N) is 6. The second-order valence-corrected chi connectivity index (χ2v) is 16.9. The molecule has 2 saturated heterocycles. The van der Waals surface area contributed by atoms with Gasteiger partial charge in [-0.25, -0.2) is 0 Å². The Morgan fingerprint density at radius 3 is 1.20 bits per heavy atom. The fraction of sp³-hybridized carbons (Fsp3) is 0.478. The maximum absolute atomic E-state index is 14.6. The van der Waals surface area contributed by atoms with Gasteiger partial charge in [-0.05, 0) is 102 Å². The summed E-state index contributed by atoms with van der Waals surface area (Å²) in [5, 5.41) is 6.98. The summed E-state index contributed by atoms with van der Waals surface area (Å²) in [6, 6.07) is 11.9. The van der Waals surface area contributed by atoms with E-state index < -0.39 is 0 Å². The summed E-state index contributed by atoms with van der Waals surface area (Å²) in [5.74, 6) is -1.23. The molecule has 0 spiro atoms. The summed E-state index contributed by atoms with van der Waals surface area (Å²) in [5.41, 5.74) is 4.01. The molecule has 4 amide bonds. The normalized spacial score (nSPS) is 17.0. The van der Waals surface area contributed by atoms with Crippen LogP contribution in [0, 0.1) is 0 Å². The number of hydrogen-bond acceptors (Lipinski definition) is 10. The molecule has 9 rings (SSSR count). The first kappa shape index (κ1) is 43.8. The number of fused-ring (bicyclic) bond motifs is 2. The van der Waals surface area contributed by atoms with Gasteiger partial charge in [-0.3, -0.25) is 29.0 Å². The highest BCUT2D eigenvalue weighted by Crippen LogP contribution is 2.52. The Hall–Kier alpha value is -4.30. The maximum Gasteiger partial charge on any atom is 0.261 e. The van der Waals surface area contributed by atoms with E-state index in [1.54, 1.807) is 0 Å². The van der Waals surface area contributed by atoms with Gasteiger partial charge in [0.05, 0.1) is 50.6 Å². The number of rotatable bonds is 14. The lowest BCUT2D eigenvalue weighted by molar-refractivity contribution is 0.0499. The van der Waals surface area contributed by atoms with Gasteiger partial charge in [0, 0.05) is 94.1 Å². The first-order valence-electron chi connectivity index (χ1n) is 21.1. The molecule has 14 heteroatoms. The number of halogens is 2. The standard InChI is InChI=1S/C46H54N6O6.2ClH/c1-47(2)19-23-57-25-21-51-43(53)31-13-11-29-40-36(50-17-9-6-10-18-50)28-34-38-32(44(54)52(46(34)56)22-26-58-24-20-48(3)4)14-12-30(42(38)40)39-35(49-15-7-5-8-16-49)27-33(45(51)55)37(31)41(29)39;;/h11-14,27-28H,5-10,15-26H2,1-4H3;2*1H. The van der Waals surface area contributed by atoms with E-state index in [-0.39, 0.29) is 74.7 Å². The number of likely N-dealkylation sites (N-methyl/N-ethyl adjacent to an activating group) is 2. The zero-order valence-electron chi connectivity index (χ0n) is 35.1. The molecule has 0 aromatic heterocycles. The molecule has 0 aliphatic carbocycles. The number of amides is 4. The molecule has 5 aromatic carbocycles. The lowest BCUT2D eigenvalue weighted by Gasteiger charge is -2.36. The molecule has 0 bridgehead atoms. The molecule has 60 heavy (non-hydrogen) atoms. The molecule has 0 radical (unpaired) electrons. The van der Waals surface area contributed by atoms with Crippen molar-refractivity contribution in [2.24, 2.45) is 0 Å². The number of piperidine rings is 2. The first-order valence-corrected chi connectivity index (χ1v) is 21.1. The number of benzene rings is 5. The summed E-state index contributed by atoms with van der Waals surface area (Å²) < 4.78 is 11.7. The van der Waals surface area contributed by atoms with Crippen LogP contribution in [0.1, 0.15) is 80.0 Å². The molecule has 4 aliphatic heterocycles. The van der Waals surface area contributed by atoms with Crippen LogP contribution in [-0.2, 0) is 9.47 Å². The predicted octanol–water partition coefficient (Wildman–Crippen LogP) is 6.91. The topological polar surface area (TPSA) is 106 Å². The number of carbonyl (C=O) groups excluding carboxylic acids is 4. The quantitative estimate of drug-likeness (QED) is 0.0507. The molecule has 0 unspecified atom stereocenters. The van der Waals surface area contributed by atoms with Crippen LogP contribution in [0.3, 0.4) is 0 Å². The van der Waals surface area contributed by atoms with Gasteiger partial charge in [0.1, 0.15) is 0 Å². The fourth-order valence-corrected chi connectivity index (χ4v) is 9.71. The molecule has 0 N–H and O–H groups in total. The van der Waals surface area contributed by atoms with E-state index in [2.05, 4.69) is 21.9 Å². The summed E-state index contributed by atoms with van der Waals surface area (Å²) in [4.78, 5) is 69.5. The van der Waals surface area contributed by atoms with Crippen molar-refractivity contribution in [2.45, 2.75) is 38.5 Å². The van der Waals surface area contributed by atoms with Gasteiger partial charge in [0.25, 0.3) is 23.6 Å². The Morgan fingerprint density at radius 1 is 0.467 bits per heavy atom. The van der Waals surface area contributed by atoms with Gasteiger partial charge >= 0.3 is 0 Å². The lowest BCUT2D eigenvalue weighted by atomic mass is 9.80. The highest BCUT2D eigenvalue weighted by atomic mass is 35.5. The van der Waals surface area contributed by atoms with E-state index in [4.69, 9.17) is 9.47 Å². The predicted molar refractivity (Wildman–Crippen MR) is 244 cm³/mol. The van der Waals surface area contributed by atoms with Crippen molar-refractivity contribution in [1.29, 1.82) is 0 Å². The van der Waals surface area contributed by atoms with Gasteiger partial charge in [-0.2, -0.15) is 0 Å². The van der Waals surface area contributed by atoms with Crippen molar-refractivity contribution in [3.63, 3.8) is 0 Å². The Morgan fingerprint density at radius 2 is 0.833 bits per heavy atom. The van der Waals surface area contributed by atoms with Crippen LogP contribution < -0.4 is 9.80 Å². The molecule has 4 heterocycles. The molecule has 2 fully saturated rings. The lowest BCUT2D eigenvalue weighted by Crippen LogP contribution is -2.43. The third-order valence-electron chi connectivity index (χ3n) is 12.6. The van der Waals surface area contributed by atoms with Gasteiger partial charge in [-0.15, -0.1) is 24.8 Å². The van der Waals surface area contributed by atoms with Crippen LogP contribution in [0.5, 0.6) is 0 Å². The zero-order valence-corrected chi connectivity index (χ0v) is 36.8. The molecule has 4 aliphatic rings. The second kappa shape index (κ2) is 18.0. The van der Waals surface area contributed by atoms with Crippen molar-refractivity contribution in [3.05, 3.63) is 58.7 Å². The Bertz CT molecular complexity index is 2290. The summed E-state index contributed by atoms with van der Waals surface area (Å²) in [7, 11) is 7.93. The minimum absolute atomic E-state index is 0. The molecule has 12 nitrogen and oxygen atoms in total. The molecule has 320 valence electrons. The number of anilines is 2.